The maximum Gasteiger partial charge on any atom is 0.309 e. The molecule has 3 aromatic rings. The fourth-order valence-electron chi connectivity index (χ4n) is 2.75. The first-order chi connectivity index (χ1) is 13.7. The molecule has 152 valence electrons. The molecule has 0 saturated carbocycles. The summed E-state index contributed by atoms with van der Waals surface area (Å²) in [4.78, 5) is 15.6. The van der Waals surface area contributed by atoms with Crippen molar-refractivity contribution >= 4 is 26.7 Å². The van der Waals surface area contributed by atoms with Crippen molar-refractivity contribution < 1.29 is 31.5 Å². The number of halogens is 2. The quantitative estimate of drug-likeness (QED) is 0.558. The number of benzene rings is 2. The van der Waals surface area contributed by atoms with Crippen molar-refractivity contribution in [3.63, 3.8) is 0 Å². The smallest absolute Gasteiger partial charge is 0.309 e. The second kappa shape index (κ2) is 8.12. The normalized spacial score (nSPS) is 11.6. The summed E-state index contributed by atoms with van der Waals surface area (Å²) in [6, 6.07) is 9.80. The zero-order valence-electron chi connectivity index (χ0n) is 15.6. The van der Waals surface area contributed by atoms with Crippen LogP contribution in [0.2, 0.25) is 0 Å². The zero-order chi connectivity index (χ0) is 21.2. The number of rotatable bonds is 6. The van der Waals surface area contributed by atoms with Crippen LogP contribution in [0.5, 0.6) is 11.5 Å². The molecule has 29 heavy (non-hydrogen) atoms. The number of esters is 1. The van der Waals surface area contributed by atoms with Crippen molar-refractivity contribution in [3.8, 4) is 11.5 Å². The second-order valence-corrected chi connectivity index (χ2v) is 8.30. The number of sulfone groups is 1. The van der Waals surface area contributed by atoms with Gasteiger partial charge in [0.1, 0.15) is 11.5 Å². The number of carbonyl (C=O) groups excluding carboxylic acids is 1. The van der Waals surface area contributed by atoms with Crippen LogP contribution in [0.15, 0.2) is 53.6 Å². The third kappa shape index (κ3) is 4.68. The van der Waals surface area contributed by atoms with E-state index in [2.05, 4.69) is 9.72 Å². The lowest BCUT2D eigenvalue weighted by molar-refractivity contribution is -0.139. The van der Waals surface area contributed by atoms with Gasteiger partial charge in [0.2, 0.25) is 0 Å². The van der Waals surface area contributed by atoms with Gasteiger partial charge in [-0.15, -0.1) is 0 Å². The number of pyridine rings is 1. The lowest BCUT2D eigenvalue weighted by atomic mass is 10.1. The van der Waals surface area contributed by atoms with E-state index in [1.54, 1.807) is 0 Å². The molecule has 0 spiro atoms. The third-order valence-corrected chi connectivity index (χ3v) is 5.32. The summed E-state index contributed by atoms with van der Waals surface area (Å²) in [6.07, 6.45) is -0.486. The van der Waals surface area contributed by atoms with E-state index in [4.69, 9.17) is 4.74 Å². The van der Waals surface area contributed by atoms with Crippen LogP contribution in [0.3, 0.4) is 0 Å². The van der Waals surface area contributed by atoms with Gasteiger partial charge in [0.15, 0.2) is 9.84 Å². The van der Waals surface area contributed by atoms with E-state index in [0.717, 1.165) is 6.26 Å². The van der Waals surface area contributed by atoms with Crippen LogP contribution in [0.1, 0.15) is 17.6 Å². The van der Waals surface area contributed by atoms with Gasteiger partial charge in [-0.05, 0) is 42.0 Å². The molecule has 0 atom stereocenters. The lowest BCUT2D eigenvalue weighted by Crippen LogP contribution is -2.05. The first-order valence-corrected chi connectivity index (χ1v) is 10.3. The molecule has 0 radical (unpaired) electrons. The average molecular weight is 421 g/mol. The van der Waals surface area contributed by atoms with Gasteiger partial charge < -0.3 is 9.47 Å². The second-order valence-electron chi connectivity index (χ2n) is 6.29. The molecule has 1 aromatic heterocycles. The molecule has 1 heterocycles. The van der Waals surface area contributed by atoms with Crippen molar-refractivity contribution in [3.05, 3.63) is 59.8 Å². The van der Waals surface area contributed by atoms with Crippen molar-refractivity contribution in [2.75, 3.05) is 13.4 Å². The minimum Gasteiger partial charge on any atom is -0.469 e. The summed E-state index contributed by atoms with van der Waals surface area (Å²) in [5.41, 5.74) is 0.421. The van der Waals surface area contributed by atoms with Gasteiger partial charge >= 0.3 is 5.97 Å². The Hall–Kier alpha value is -3.07. The van der Waals surface area contributed by atoms with Crippen molar-refractivity contribution in [2.24, 2.45) is 0 Å². The van der Waals surface area contributed by atoms with Crippen LogP contribution in [0.25, 0.3) is 10.9 Å². The molecule has 9 heteroatoms. The Morgan fingerprint density at radius 1 is 1.10 bits per heavy atom. The van der Waals surface area contributed by atoms with Gasteiger partial charge in [-0.3, -0.25) is 9.78 Å². The van der Waals surface area contributed by atoms with E-state index in [1.165, 1.54) is 55.8 Å². The highest BCUT2D eigenvalue weighted by Gasteiger charge is 2.18. The number of ether oxygens (including phenoxy) is 2. The van der Waals surface area contributed by atoms with E-state index in [9.17, 15) is 22.0 Å². The fraction of sp³-hybridized carbons (Fsp3) is 0.200. The number of aromatic nitrogens is 1. The number of carbonyl (C=O) groups is 1. The first-order valence-electron chi connectivity index (χ1n) is 8.43. The largest absolute Gasteiger partial charge is 0.469 e. The van der Waals surface area contributed by atoms with Crippen LogP contribution in [-0.2, 0) is 25.8 Å². The monoisotopic (exact) mass is 421 g/mol. The molecule has 0 aliphatic rings. The molecule has 0 amide bonds. The van der Waals surface area contributed by atoms with E-state index >= 15 is 0 Å². The third-order valence-electron chi connectivity index (χ3n) is 4.21. The van der Waals surface area contributed by atoms with E-state index < -0.39 is 27.8 Å². The molecule has 0 aliphatic heterocycles. The van der Waals surface area contributed by atoms with Crippen molar-refractivity contribution in [2.45, 2.75) is 17.7 Å². The minimum atomic E-state index is -3.47. The molecule has 0 fully saturated rings. The summed E-state index contributed by atoms with van der Waals surface area (Å²) >= 11 is 0. The van der Waals surface area contributed by atoms with Crippen LogP contribution in [0, 0.1) is 0 Å². The average Bonchev–Trinajstić information content (AvgIpc) is 2.68. The minimum absolute atomic E-state index is 0.0605. The summed E-state index contributed by atoms with van der Waals surface area (Å²) in [7, 11) is -2.26. The number of hydrogen-bond acceptors (Lipinski definition) is 6. The summed E-state index contributed by atoms with van der Waals surface area (Å²) in [5, 5.41) is 0.370. The maximum atomic E-state index is 13.6. The van der Waals surface area contributed by atoms with Crippen LogP contribution >= 0.6 is 0 Å². The molecule has 0 bridgehead atoms. The van der Waals surface area contributed by atoms with E-state index in [0.29, 0.717) is 16.5 Å². The van der Waals surface area contributed by atoms with Gasteiger partial charge in [-0.25, -0.2) is 17.2 Å². The molecular formula is C20H17F2NO5S. The Bertz CT molecular complexity index is 1180. The first kappa shape index (κ1) is 20.7. The number of alkyl halides is 2. The topological polar surface area (TPSA) is 82.6 Å². The molecule has 0 N–H and O–H groups in total. The Morgan fingerprint density at radius 3 is 2.52 bits per heavy atom. The summed E-state index contributed by atoms with van der Waals surface area (Å²) < 4.78 is 61.1. The maximum absolute atomic E-state index is 13.6. The number of hydrogen-bond donors (Lipinski definition) is 0. The van der Waals surface area contributed by atoms with Gasteiger partial charge in [-0.2, -0.15) is 0 Å². The molecule has 2 aromatic carbocycles. The highest BCUT2D eigenvalue weighted by Crippen LogP contribution is 2.36. The number of fused-ring (bicyclic) bond motifs is 1. The van der Waals surface area contributed by atoms with Gasteiger partial charge in [0.05, 0.1) is 29.5 Å². The molecule has 3 rings (SSSR count). The summed E-state index contributed by atoms with van der Waals surface area (Å²) in [6.45, 7) is 0. The van der Waals surface area contributed by atoms with Crippen LogP contribution in [0.4, 0.5) is 8.78 Å². The predicted molar refractivity (Wildman–Crippen MR) is 102 cm³/mol. The van der Waals surface area contributed by atoms with Crippen molar-refractivity contribution in [1.82, 2.24) is 4.98 Å². The lowest BCUT2D eigenvalue weighted by Gasteiger charge is -2.14. The van der Waals surface area contributed by atoms with E-state index in [1.807, 2.05) is 0 Å². The van der Waals surface area contributed by atoms with E-state index in [-0.39, 0.29) is 22.8 Å². The SMILES string of the molecule is COC(=O)Cc1ccc(Oc2ccnc3ccc(S(C)(=O)=O)cc23)c(C(F)F)c1. The molecular weight excluding hydrogens is 404 g/mol. The van der Waals surface area contributed by atoms with Crippen molar-refractivity contribution in [1.29, 1.82) is 0 Å². The Labute approximate surface area is 166 Å². The number of methoxy groups -OCH3 is 1. The highest BCUT2D eigenvalue weighted by atomic mass is 32.2. The fourth-order valence-corrected chi connectivity index (χ4v) is 3.40. The molecule has 6 nitrogen and oxygen atoms in total. The summed E-state index contributed by atoms with van der Waals surface area (Å²) in [5.74, 6) is -0.471. The van der Waals surface area contributed by atoms with Crippen LogP contribution in [-0.4, -0.2) is 32.7 Å². The zero-order valence-corrected chi connectivity index (χ0v) is 16.4. The Kier molecular flexibility index (Phi) is 5.78. The highest BCUT2D eigenvalue weighted by molar-refractivity contribution is 7.90. The Balaban J connectivity index is 2.05. The van der Waals surface area contributed by atoms with Gasteiger partial charge in [0.25, 0.3) is 6.43 Å². The predicted octanol–water partition coefficient (Wildman–Crippen LogP) is 4.08. The molecule has 0 unspecified atom stereocenters. The molecule has 0 aliphatic carbocycles. The van der Waals surface area contributed by atoms with Gasteiger partial charge in [-0.1, -0.05) is 6.07 Å². The standard InChI is InChI=1S/C20H17F2NO5S/c1-27-19(24)10-12-3-6-17(15(9-12)20(21)22)28-18-7-8-23-16-5-4-13(11-14(16)18)29(2,25)26/h3-9,11,20H,10H2,1-2H3. The van der Waals surface area contributed by atoms with Gasteiger partial charge in [0, 0.05) is 17.8 Å². The number of nitrogens with zero attached hydrogens (tertiary/aromatic N) is 1. The van der Waals surface area contributed by atoms with Crippen LogP contribution < -0.4 is 4.74 Å². The molecule has 0 saturated heterocycles. The Morgan fingerprint density at radius 2 is 1.86 bits per heavy atom.